The summed E-state index contributed by atoms with van der Waals surface area (Å²) in [4.78, 5) is 10.4. The van der Waals surface area contributed by atoms with Crippen molar-refractivity contribution < 1.29 is 9.90 Å². The van der Waals surface area contributed by atoms with E-state index in [0.29, 0.717) is 5.56 Å². The van der Waals surface area contributed by atoms with Crippen molar-refractivity contribution in [3.63, 3.8) is 0 Å². The highest BCUT2D eigenvalue weighted by Gasteiger charge is 1.97. The Morgan fingerprint density at radius 3 is 2.77 bits per heavy atom. The number of rotatable bonds is 2. The fraction of sp³-hybridized carbons (Fsp3) is 0. The first-order valence-electron chi connectivity index (χ1n) is 3.55. The molecule has 1 amide bonds. The van der Waals surface area contributed by atoms with Crippen LogP contribution in [0.5, 0.6) is 5.75 Å². The van der Waals surface area contributed by atoms with Gasteiger partial charge < -0.3 is 10.8 Å². The number of carbonyl (C=O) groups excluding carboxylic acids is 1. The molecule has 4 heteroatoms. The van der Waals surface area contributed by atoms with Gasteiger partial charge in [0, 0.05) is 6.08 Å². The highest BCUT2D eigenvalue weighted by atomic mass is 35.5. The minimum absolute atomic E-state index is 0.0119. The Hall–Kier alpha value is -1.48. The lowest BCUT2D eigenvalue weighted by Gasteiger charge is -1.96. The molecule has 0 radical (unpaired) electrons. The van der Waals surface area contributed by atoms with Gasteiger partial charge in [0.2, 0.25) is 5.91 Å². The second kappa shape index (κ2) is 3.96. The van der Waals surface area contributed by atoms with Crippen LogP contribution in [-0.2, 0) is 4.79 Å². The maximum atomic E-state index is 10.4. The molecule has 0 bridgehead atoms. The molecule has 0 aliphatic rings. The average Bonchev–Trinajstić information content (AvgIpc) is 2.07. The smallest absolute Gasteiger partial charge is 0.241 e. The van der Waals surface area contributed by atoms with E-state index in [0.717, 1.165) is 0 Å². The number of benzene rings is 1. The van der Waals surface area contributed by atoms with Gasteiger partial charge in [0.25, 0.3) is 0 Å². The lowest BCUT2D eigenvalue weighted by atomic mass is 10.2. The van der Waals surface area contributed by atoms with Crippen LogP contribution in [-0.4, -0.2) is 11.0 Å². The standard InChI is InChI=1S/C9H8ClNO2/c10-7-5-6(1-3-8(7)12)2-4-9(11)13/h1-5,12H,(H2,11,13)/b4-2+. The topological polar surface area (TPSA) is 63.3 Å². The van der Waals surface area contributed by atoms with E-state index in [2.05, 4.69) is 0 Å². The lowest BCUT2D eigenvalue weighted by Crippen LogP contribution is -2.04. The molecule has 0 aromatic heterocycles. The van der Waals surface area contributed by atoms with E-state index < -0.39 is 5.91 Å². The molecule has 1 aromatic rings. The predicted octanol–water partition coefficient (Wildman–Crippen LogP) is 1.54. The Bertz CT molecular complexity index is 361. The van der Waals surface area contributed by atoms with Crippen LogP contribution < -0.4 is 5.73 Å². The molecule has 1 rings (SSSR count). The van der Waals surface area contributed by atoms with Gasteiger partial charge in [-0.25, -0.2) is 0 Å². The molecular formula is C9H8ClNO2. The largest absolute Gasteiger partial charge is 0.506 e. The molecule has 0 aliphatic carbocycles. The Balaban J connectivity index is 2.92. The van der Waals surface area contributed by atoms with E-state index in [9.17, 15) is 4.79 Å². The number of amides is 1. The van der Waals surface area contributed by atoms with Gasteiger partial charge >= 0.3 is 0 Å². The van der Waals surface area contributed by atoms with E-state index in [1.807, 2.05) is 0 Å². The van der Waals surface area contributed by atoms with E-state index in [1.165, 1.54) is 24.3 Å². The number of nitrogens with two attached hydrogens (primary N) is 1. The molecule has 1 aromatic carbocycles. The predicted molar refractivity (Wildman–Crippen MR) is 51.3 cm³/mol. The van der Waals surface area contributed by atoms with Crippen molar-refractivity contribution >= 4 is 23.6 Å². The first-order valence-corrected chi connectivity index (χ1v) is 3.93. The summed E-state index contributed by atoms with van der Waals surface area (Å²) in [7, 11) is 0. The molecule has 0 saturated carbocycles. The van der Waals surface area contributed by atoms with Crippen LogP contribution in [0.15, 0.2) is 24.3 Å². The summed E-state index contributed by atoms with van der Waals surface area (Å²) < 4.78 is 0. The van der Waals surface area contributed by atoms with Gasteiger partial charge in [-0.1, -0.05) is 17.7 Å². The van der Waals surface area contributed by atoms with Crippen LogP contribution in [0.1, 0.15) is 5.56 Å². The zero-order valence-electron chi connectivity index (χ0n) is 6.70. The molecule has 0 spiro atoms. The van der Waals surface area contributed by atoms with Crippen molar-refractivity contribution in [1.82, 2.24) is 0 Å². The molecule has 3 N–H and O–H groups in total. The summed E-state index contributed by atoms with van der Waals surface area (Å²) in [6, 6.07) is 4.61. The van der Waals surface area contributed by atoms with Crippen molar-refractivity contribution in [3.05, 3.63) is 34.9 Å². The first-order chi connectivity index (χ1) is 6.09. The second-order valence-electron chi connectivity index (χ2n) is 2.45. The van der Waals surface area contributed by atoms with Crippen LogP contribution >= 0.6 is 11.6 Å². The Labute approximate surface area is 80.4 Å². The molecule has 0 heterocycles. The van der Waals surface area contributed by atoms with Gasteiger partial charge in [-0.05, 0) is 23.8 Å². The van der Waals surface area contributed by atoms with Gasteiger partial charge in [0.1, 0.15) is 5.75 Å². The maximum absolute atomic E-state index is 10.4. The Morgan fingerprint density at radius 1 is 1.54 bits per heavy atom. The number of carbonyl (C=O) groups is 1. The zero-order chi connectivity index (χ0) is 9.84. The molecule has 3 nitrogen and oxygen atoms in total. The van der Waals surface area contributed by atoms with Crippen molar-refractivity contribution in [2.75, 3.05) is 0 Å². The third-order valence-corrected chi connectivity index (χ3v) is 1.71. The Kier molecular flexibility index (Phi) is 2.93. The summed E-state index contributed by atoms with van der Waals surface area (Å²) in [6.07, 6.45) is 2.75. The molecule has 13 heavy (non-hydrogen) atoms. The number of hydrogen-bond acceptors (Lipinski definition) is 2. The van der Waals surface area contributed by atoms with Gasteiger partial charge in [-0.3, -0.25) is 4.79 Å². The van der Waals surface area contributed by atoms with E-state index in [1.54, 1.807) is 6.07 Å². The third-order valence-electron chi connectivity index (χ3n) is 1.41. The zero-order valence-corrected chi connectivity index (χ0v) is 7.45. The maximum Gasteiger partial charge on any atom is 0.241 e. The molecule has 0 fully saturated rings. The summed E-state index contributed by atoms with van der Waals surface area (Å²) in [6.45, 7) is 0. The normalized spacial score (nSPS) is 10.5. The van der Waals surface area contributed by atoms with E-state index in [-0.39, 0.29) is 10.8 Å². The van der Waals surface area contributed by atoms with Crippen molar-refractivity contribution in [2.24, 2.45) is 5.73 Å². The molecule has 68 valence electrons. The van der Waals surface area contributed by atoms with Gasteiger partial charge in [-0.15, -0.1) is 0 Å². The fourth-order valence-corrected chi connectivity index (χ4v) is 0.994. The SMILES string of the molecule is NC(=O)/C=C/c1ccc(O)c(Cl)c1. The number of halogens is 1. The first kappa shape index (κ1) is 9.61. The number of hydrogen-bond donors (Lipinski definition) is 2. The molecule has 0 atom stereocenters. The van der Waals surface area contributed by atoms with Crippen LogP contribution in [0.2, 0.25) is 5.02 Å². The van der Waals surface area contributed by atoms with Crippen molar-refractivity contribution in [3.8, 4) is 5.75 Å². The van der Waals surface area contributed by atoms with E-state index >= 15 is 0 Å². The quantitative estimate of drug-likeness (QED) is 0.707. The minimum atomic E-state index is -0.524. The second-order valence-corrected chi connectivity index (χ2v) is 2.85. The van der Waals surface area contributed by atoms with Crippen molar-refractivity contribution in [2.45, 2.75) is 0 Å². The third kappa shape index (κ3) is 2.80. The molecule has 0 aliphatic heterocycles. The number of aromatic hydroxyl groups is 1. The highest BCUT2D eigenvalue weighted by Crippen LogP contribution is 2.23. The van der Waals surface area contributed by atoms with Crippen LogP contribution in [0, 0.1) is 0 Å². The fourth-order valence-electron chi connectivity index (χ4n) is 0.805. The summed E-state index contributed by atoms with van der Waals surface area (Å²) in [5, 5.41) is 9.32. The van der Waals surface area contributed by atoms with Gasteiger partial charge in [0.15, 0.2) is 0 Å². The molecule has 0 unspecified atom stereocenters. The number of phenolic OH excluding ortho intramolecular Hbond substituents is 1. The van der Waals surface area contributed by atoms with Crippen LogP contribution in [0.3, 0.4) is 0 Å². The average molecular weight is 198 g/mol. The van der Waals surface area contributed by atoms with Gasteiger partial charge in [-0.2, -0.15) is 0 Å². The summed E-state index contributed by atoms with van der Waals surface area (Å²) >= 11 is 5.63. The molecular weight excluding hydrogens is 190 g/mol. The monoisotopic (exact) mass is 197 g/mol. The number of primary amides is 1. The van der Waals surface area contributed by atoms with E-state index in [4.69, 9.17) is 22.4 Å². The van der Waals surface area contributed by atoms with Gasteiger partial charge in [0.05, 0.1) is 5.02 Å². The van der Waals surface area contributed by atoms with Crippen LogP contribution in [0.25, 0.3) is 6.08 Å². The Morgan fingerprint density at radius 2 is 2.23 bits per heavy atom. The summed E-state index contributed by atoms with van der Waals surface area (Å²) in [5.74, 6) is -0.512. The minimum Gasteiger partial charge on any atom is -0.506 e. The van der Waals surface area contributed by atoms with Crippen molar-refractivity contribution in [1.29, 1.82) is 0 Å². The number of phenols is 1. The lowest BCUT2D eigenvalue weighted by molar-refractivity contribution is -0.113. The highest BCUT2D eigenvalue weighted by molar-refractivity contribution is 6.32. The summed E-state index contributed by atoms with van der Waals surface area (Å²) in [5.41, 5.74) is 5.61. The molecule has 0 saturated heterocycles. The van der Waals surface area contributed by atoms with Crippen LogP contribution in [0.4, 0.5) is 0 Å².